The van der Waals surface area contributed by atoms with Gasteiger partial charge in [-0.15, -0.1) is 0 Å². The number of nitrogen functional groups attached to an aromatic ring is 1. The van der Waals surface area contributed by atoms with Gasteiger partial charge in [0, 0.05) is 25.4 Å². The molecule has 0 heterocycles. The summed E-state index contributed by atoms with van der Waals surface area (Å²) in [6, 6.07) is 6.26. The van der Waals surface area contributed by atoms with Crippen molar-refractivity contribution in [2.75, 3.05) is 38.4 Å². The van der Waals surface area contributed by atoms with E-state index < -0.39 is 16.1 Å². The van der Waals surface area contributed by atoms with Gasteiger partial charge in [0.05, 0.1) is 12.4 Å². The molecule has 0 radical (unpaired) electrons. The van der Waals surface area contributed by atoms with Crippen LogP contribution < -0.4 is 15.2 Å². The highest BCUT2D eigenvalue weighted by Gasteiger charge is 2.17. The van der Waals surface area contributed by atoms with Gasteiger partial charge in [-0.3, -0.25) is 0 Å². The number of hydrogen-bond donors (Lipinski definition) is 3. The highest BCUT2D eigenvalue weighted by Crippen LogP contribution is 2.12. The highest BCUT2D eigenvalue weighted by atomic mass is 32.2. The number of ether oxygens (including phenoxy) is 2. The molecule has 1 aromatic rings. The molecular formula is C13H22N2O5S. The normalized spacial score (nSPS) is 13.0. The van der Waals surface area contributed by atoms with E-state index in [0.29, 0.717) is 17.9 Å². The summed E-state index contributed by atoms with van der Waals surface area (Å²) < 4.78 is 36.5. The Morgan fingerprint density at radius 2 is 2.00 bits per heavy atom. The number of benzene rings is 1. The summed E-state index contributed by atoms with van der Waals surface area (Å²) in [6.07, 6.45) is 0.298. The molecule has 0 aliphatic rings. The molecule has 0 fully saturated rings. The maximum Gasteiger partial charge on any atom is 0.215 e. The molecule has 0 aliphatic heterocycles. The molecule has 1 aromatic carbocycles. The fourth-order valence-corrected chi connectivity index (χ4v) is 2.79. The summed E-state index contributed by atoms with van der Waals surface area (Å²) in [5.41, 5.74) is 6.16. The Morgan fingerprint density at radius 3 is 2.57 bits per heavy atom. The van der Waals surface area contributed by atoms with Crippen molar-refractivity contribution >= 4 is 15.7 Å². The molecule has 120 valence electrons. The van der Waals surface area contributed by atoms with Crippen molar-refractivity contribution in [3.63, 3.8) is 0 Å². The number of anilines is 1. The number of nitrogens with one attached hydrogen (secondary N) is 1. The quantitative estimate of drug-likeness (QED) is 0.522. The Balaban J connectivity index is 2.42. The largest absolute Gasteiger partial charge is 0.492 e. The van der Waals surface area contributed by atoms with Crippen molar-refractivity contribution in [1.82, 2.24) is 4.72 Å². The summed E-state index contributed by atoms with van der Waals surface area (Å²) in [7, 11) is -2.02. The minimum absolute atomic E-state index is 0.0259. The molecule has 4 N–H and O–H groups in total. The second-order valence-corrected chi connectivity index (χ2v) is 6.39. The number of sulfonamides is 1. The Morgan fingerprint density at radius 1 is 1.33 bits per heavy atom. The van der Waals surface area contributed by atoms with Gasteiger partial charge in [-0.05, 0) is 30.7 Å². The Labute approximate surface area is 125 Å². The number of aliphatic hydroxyl groups excluding tert-OH is 1. The average molecular weight is 318 g/mol. The van der Waals surface area contributed by atoms with Crippen LogP contribution in [0.15, 0.2) is 24.3 Å². The maximum absolute atomic E-state index is 11.9. The van der Waals surface area contributed by atoms with Crippen LogP contribution in [0.3, 0.4) is 0 Å². The van der Waals surface area contributed by atoms with E-state index >= 15 is 0 Å². The van der Waals surface area contributed by atoms with Crippen molar-refractivity contribution in [1.29, 1.82) is 0 Å². The minimum atomic E-state index is -3.49. The SMILES string of the molecule is COCC(CCO)NS(=O)(=O)CCOc1ccc(N)cc1. The van der Waals surface area contributed by atoms with E-state index in [1.165, 1.54) is 7.11 Å². The standard InChI is InChI=1S/C13H22N2O5S/c1-19-10-12(6-7-16)15-21(17,18)9-8-20-13-4-2-11(14)3-5-13/h2-5,12,15-16H,6-10,14H2,1H3. The summed E-state index contributed by atoms with van der Waals surface area (Å²) >= 11 is 0. The second kappa shape index (κ2) is 8.83. The summed E-state index contributed by atoms with van der Waals surface area (Å²) in [5.74, 6) is 0.381. The first kappa shape index (κ1) is 17.7. The average Bonchev–Trinajstić information content (AvgIpc) is 2.41. The zero-order valence-corrected chi connectivity index (χ0v) is 12.8. The highest BCUT2D eigenvalue weighted by molar-refractivity contribution is 7.89. The number of nitrogens with two attached hydrogens (primary N) is 1. The number of hydrogen-bond acceptors (Lipinski definition) is 6. The van der Waals surface area contributed by atoms with Crippen molar-refractivity contribution < 1.29 is 23.0 Å². The van der Waals surface area contributed by atoms with Gasteiger partial charge in [0.15, 0.2) is 0 Å². The third-order valence-corrected chi connectivity index (χ3v) is 4.09. The molecule has 0 aromatic heterocycles. The summed E-state index contributed by atoms with van der Waals surface area (Å²) in [6.45, 7) is 0.120. The number of aliphatic hydroxyl groups is 1. The third-order valence-electron chi connectivity index (χ3n) is 2.69. The molecule has 0 amide bonds. The monoisotopic (exact) mass is 318 g/mol. The van der Waals surface area contributed by atoms with Crippen LogP contribution >= 0.6 is 0 Å². The van der Waals surface area contributed by atoms with Gasteiger partial charge >= 0.3 is 0 Å². The van der Waals surface area contributed by atoms with Gasteiger partial charge in [0.2, 0.25) is 10.0 Å². The minimum Gasteiger partial charge on any atom is -0.492 e. The van der Waals surface area contributed by atoms with Gasteiger partial charge in [-0.2, -0.15) is 0 Å². The van der Waals surface area contributed by atoms with Gasteiger partial charge in [-0.25, -0.2) is 13.1 Å². The molecule has 1 unspecified atom stereocenters. The number of methoxy groups -OCH3 is 1. The van der Waals surface area contributed by atoms with E-state index in [-0.39, 0.29) is 25.6 Å². The van der Waals surface area contributed by atoms with E-state index in [1.807, 2.05) is 0 Å². The predicted molar refractivity (Wildman–Crippen MR) is 80.6 cm³/mol. The Hall–Kier alpha value is -1.35. The van der Waals surface area contributed by atoms with Crippen LogP contribution in [0.1, 0.15) is 6.42 Å². The topological polar surface area (TPSA) is 111 Å². The molecule has 0 saturated carbocycles. The lowest BCUT2D eigenvalue weighted by atomic mass is 10.2. The van der Waals surface area contributed by atoms with Gasteiger partial charge in [0.25, 0.3) is 0 Å². The first-order chi connectivity index (χ1) is 9.96. The molecule has 0 aliphatic carbocycles. The second-order valence-electron chi connectivity index (χ2n) is 4.52. The van der Waals surface area contributed by atoms with Crippen molar-refractivity contribution in [3.05, 3.63) is 24.3 Å². The maximum atomic E-state index is 11.9. The Kier molecular flexibility index (Phi) is 7.44. The molecule has 7 nitrogen and oxygen atoms in total. The first-order valence-electron chi connectivity index (χ1n) is 6.55. The zero-order chi connectivity index (χ0) is 15.7. The van der Waals surface area contributed by atoms with E-state index in [0.717, 1.165) is 0 Å². The fraction of sp³-hybridized carbons (Fsp3) is 0.538. The lowest BCUT2D eigenvalue weighted by molar-refractivity contribution is 0.158. The molecule has 1 atom stereocenters. The molecule has 21 heavy (non-hydrogen) atoms. The van der Waals surface area contributed by atoms with Crippen LogP contribution in [0.2, 0.25) is 0 Å². The van der Waals surface area contributed by atoms with Gasteiger partial charge in [0.1, 0.15) is 12.4 Å². The molecule has 8 heteroatoms. The molecule has 0 bridgehead atoms. The fourth-order valence-electron chi connectivity index (χ4n) is 1.68. The van der Waals surface area contributed by atoms with E-state index in [9.17, 15) is 8.42 Å². The van der Waals surface area contributed by atoms with Crippen molar-refractivity contribution in [3.8, 4) is 5.75 Å². The molecule has 1 rings (SSSR count). The summed E-state index contributed by atoms with van der Waals surface area (Å²) in [4.78, 5) is 0. The van der Waals surface area contributed by atoms with Crippen molar-refractivity contribution in [2.45, 2.75) is 12.5 Å². The summed E-state index contributed by atoms with van der Waals surface area (Å²) in [5, 5.41) is 8.88. The molecule has 0 saturated heterocycles. The van der Waals surface area contributed by atoms with Crippen LogP contribution in [0.4, 0.5) is 5.69 Å². The zero-order valence-electron chi connectivity index (χ0n) is 12.0. The van der Waals surface area contributed by atoms with Crippen LogP contribution in [-0.4, -0.2) is 52.2 Å². The third kappa shape index (κ3) is 7.28. The van der Waals surface area contributed by atoms with E-state index in [4.69, 9.17) is 20.3 Å². The smallest absolute Gasteiger partial charge is 0.215 e. The Bertz CT molecular complexity index is 498. The molecular weight excluding hydrogens is 296 g/mol. The van der Waals surface area contributed by atoms with Crippen LogP contribution in [0.25, 0.3) is 0 Å². The van der Waals surface area contributed by atoms with Crippen LogP contribution in [0.5, 0.6) is 5.75 Å². The molecule has 0 spiro atoms. The van der Waals surface area contributed by atoms with E-state index in [1.54, 1.807) is 24.3 Å². The van der Waals surface area contributed by atoms with Crippen molar-refractivity contribution in [2.24, 2.45) is 0 Å². The van der Waals surface area contributed by atoms with E-state index in [2.05, 4.69) is 4.72 Å². The lowest BCUT2D eigenvalue weighted by Crippen LogP contribution is -2.40. The van der Waals surface area contributed by atoms with Gasteiger partial charge < -0.3 is 20.3 Å². The van der Waals surface area contributed by atoms with Gasteiger partial charge in [-0.1, -0.05) is 0 Å². The predicted octanol–water partition coefficient (Wildman–Crippen LogP) is -0.0356. The van der Waals surface area contributed by atoms with Crippen LogP contribution in [-0.2, 0) is 14.8 Å². The van der Waals surface area contributed by atoms with Crippen LogP contribution in [0, 0.1) is 0 Å². The first-order valence-corrected chi connectivity index (χ1v) is 8.20. The number of rotatable bonds is 10. The lowest BCUT2D eigenvalue weighted by Gasteiger charge is -2.17.